The van der Waals surface area contributed by atoms with Crippen molar-refractivity contribution < 1.29 is 14.3 Å². The highest BCUT2D eigenvalue weighted by molar-refractivity contribution is 5.95. The molecule has 0 bridgehead atoms. The number of carbonyl (C=O) groups excluding carboxylic acids is 2. The Bertz CT molecular complexity index is 1200. The Morgan fingerprint density at radius 3 is 2.27 bits per heavy atom. The molecule has 0 radical (unpaired) electrons. The van der Waals surface area contributed by atoms with Crippen molar-refractivity contribution in [1.82, 2.24) is 4.90 Å². The molecule has 0 aromatic heterocycles. The van der Waals surface area contributed by atoms with Crippen LogP contribution >= 0.6 is 0 Å². The zero-order valence-electron chi connectivity index (χ0n) is 22.2. The topological polar surface area (TPSA) is 61.9 Å². The quantitative estimate of drug-likeness (QED) is 0.376. The second kappa shape index (κ2) is 12.0. The van der Waals surface area contributed by atoms with Crippen LogP contribution in [0.3, 0.4) is 0 Å². The molecule has 0 unspecified atom stereocenters. The average molecular weight is 500 g/mol. The minimum atomic E-state index is -0.164. The van der Waals surface area contributed by atoms with Gasteiger partial charge in [0.15, 0.2) is 0 Å². The summed E-state index contributed by atoms with van der Waals surface area (Å²) in [5.41, 5.74) is 4.40. The Morgan fingerprint density at radius 1 is 0.973 bits per heavy atom. The number of amides is 2. The number of hydrogen-bond donors (Lipinski definition) is 1. The van der Waals surface area contributed by atoms with Crippen molar-refractivity contribution >= 4 is 23.2 Å². The summed E-state index contributed by atoms with van der Waals surface area (Å²) in [6.07, 6.45) is 4.13. The fourth-order valence-electron chi connectivity index (χ4n) is 5.04. The van der Waals surface area contributed by atoms with Crippen LogP contribution in [0.2, 0.25) is 0 Å². The van der Waals surface area contributed by atoms with Gasteiger partial charge in [0.05, 0.1) is 13.2 Å². The normalized spacial score (nSPS) is 14.2. The molecule has 1 fully saturated rings. The molecule has 1 N–H and O–H groups in total. The lowest BCUT2D eigenvalue weighted by molar-refractivity contribution is -0.119. The number of rotatable bonds is 9. The maximum absolute atomic E-state index is 13.9. The Balaban J connectivity index is 1.67. The lowest BCUT2D eigenvalue weighted by Gasteiger charge is -2.32. The molecule has 0 heterocycles. The summed E-state index contributed by atoms with van der Waals surface area (Å²) in [6.45, 7) is 2.44. The van der Waals surface area contributed by atoms with Gasteiger partial charge in [-0.05, 0) is 73.4 Å². The average Bonchev–Trinajstić information content (AvgIpc) is 3.47. The van der Waals surface area contributed by atoms with Gasteiger partial charge < -0.3 is 19.9 Å². The summed E-state index contributed by atoms with van der Waals surface area (Å²) < 4.78 is 5.28. The van der Waals surface area contributed by atoms with Gasteiger partial charge in [0, 0.05) is 43.5 Å². The fourth-order valence-corrected chi connectivity index (χ4v) is 5.04. The third-order valence-electron chi connectivity index (χ3n) is 7.24. The van der Waals surface area contributed by atoms with Crippen molar-refractivity contribution in [3.8, 4) is 5.75 Å². The van der Waals surface area contributed by atoms with E-state index in [0.29, 0.717) is 17.9 Å². The summed E-state index contributed by atoms with van der Waals surface area (Å²) in [4.78, 5) is 30.6. The van der Waals surface area contributed by atoms with Crippen molar-refractivity contribution in [2.75, 3.05) is 31.4 Å². The van der Waals surface area contributed by atoms with Gasteiger partial charge in [-0.3, -0.25) is 9.59 Å². The Morgan fingerprint density at radius 2 is 1.65 bits per heavy atom. The standard InChI is InChI=1S/C31H37N3O3/c1-22(23-10-6-5-7-11-23)34(31(36)25-14-17-28(37-4)18-15-25)21-26-20-27(16-19-29(26)33(2)3)32-30(35)24-12-8-9-13-24/h5-7,10-11,14-20,22,24H,8-9,12-13,21H2,1-4H3,(H,32,35)/t22-/m0/s1. The molecule has 3 aromatic carbocycles. The van der Waals surface area contributed by atoms with Gasteiger partial charge in [-0.2, -0.15) is 0 Å². The van der Waals surface area contributed by atoms with Gasteiger partial charge in [-0.1, -0.05) is 43.2 Å². The summed E-state index contributed by atoms with van der Waals surface area (Å²) in [5.74, 6) is 0.817. The molecule has 3 aromatic rings. The van der Waals surface area contributed by atoms with Gasteiger partial charge in [0.1, 0.15) is 5.75 Å². The van der Waals surface area contributed by atoms with E-state index < -0.39 is 0 Å². The molecule has 0 spiro atoms. The van der Waals surface area contributed by atoms with E-state index in [1.165, 1.54) is 0 Å². The lowest BCUT2D eigenvalue weighted by atomic mass is 10.0. The van der Waals surface area contributed by atoms with Crippen molar-refractivity contribution in [2.24, 2.45) is 5.92 Å². The minimum absolute atomic E-state index is 0.0656. The zero-order chi connectivity index (χ0) is 26.4. The number of carbonyl (C=O) groups is 2. The number of benzene rings is 3. The number of methoxy groups -OCH3 is 1. The van der Waals surface area contributed by atoms with E-state index >= 15 is 0 Å². The summed E-state index contributed by atoms with van der Waals surface area (Å²) in [6, 6.07) is 23.1. The molecule has 1 saturated carbocycles. The molecule has 6 heteroatoms. The van der Waals surface area contributed by atoms with Gasteiger partial charge in [-0.25, -0.2) is 0 Å². The van der Waals surface area contributed by atoms with E-state index in [-0.39, 0.29) is 23.8 Å². The van der Waals surface area contributed by atoms with E-state index in [4.69, 9.17) is 4.74 Å². The molecule has 4 rings (SSSR count). The van der Waals surface area contributed by atoms with E-state index in [9.17, 15) is 9.59 Å². The number of hydrogen-bond acceptors (Lipinski definition) is 4. The third-order valence-corrected chi connectivity index (χ3v) is 7.24. The predicted octanol–water partition coefficient (Wildman–Crippen LogP) is 6.29. The molecule has 6 nitrogen and oxygen atoms in total. The first-order valence-electron chi connectivity index (χ1n) is 13.0. The number of nitrogens with zero attached hydrogens (tertiary/aromatic N) is 2. The maximum atomic E-state index is 13.9. The maximum Gasteiger partial charge on any atom is 0.254 e. The van der Waals surface area contributed by atoms with Crippen LogP contribution in [0, 0.1) is 5.92 Å². The van der Waals surface area contributed by atoms with Crippen LogP contribution in [0.15, 0.2) is 72.8 Å². The van der Waals surface area contributed by atoms with Crippen LogP contribution in [-0.2, 0) is 11.3 Å². The zero-order valence-corrected chi connectivity index (χ0v) is 22.2. The molecule has 0 saturated heterocycles. The van der Waals surface area contributed by atoms with Gasteiger partial charge in [0.25, 0.3) is 5.91 Å². The van der Waals surface area contributed by atoms with Gasteiger partial charge >= 0.3 is 0 Å². The smallest absolute Gasteiger partial charge is 0.254 e. The fraction of sp³-hybridized carbons (Fsp3) is 0.355. The Hall–Kier alpha value is -3.80. The van der Waals surface area contributed by atoms with Gasteiger partial charge in [-0.15, -0.1) is 0 Å². The molecular weight excluding hydrogens is 462 g/mol. The SMILES string of the molecule is COc1ccc(C(=O)N(Cc2cc(NC(=O)C3CCCC3)ccc2N(C)C)[C@@H](C)c2ccccc2)cc1. The van der Waals surface area contributed by atoms with Crippen LogP contribution in [0.4, 0.5) is 11.4 Å². The largest absolute Gasteiger partial charge is 0.497 e. The summed E-state index contributed by atoms with van der Waals surface area (Å²) in [7, 11) is 5.60. The molecule has 1 aliphatic carbocycles. The van der Waals surface area contributed by atoms with E-state index in [2.05, 4.69) is 12.2 Å². The second-order valence-corrected chi connectivity index (χ2v) is 9.96. The monoisotopic (exact) mass is 499 g/mol. The van der Waals surface area contributed by atoms with E-state index in [1.54, 1.807) is 19.2 Å². The molecule has 1 atom stereocenters. The van der Waals surface area contributed by atoms with Crippen molar-refractivity contribution in [3.63, 3.8) is 0 Å². The molecule has 194 valence electrons. The van der Waals surface area contributed by atoms with Crippen molar-refractivity contribution in [1.29, 1.82) is 0 Å². The highest BCUT2D eigenvalue weighted by atomic mass is 16.5. The van der Waals surface area contributed by atoms with E-state index in [1.807, 2.05) is 84.6 Å². The molecule has 0 aliphatic heterocycles. The second-order valence-electron chi connectivity index (χ2n) is 9.96. The highest BCUT2D eigenvalue weighted by Crippen LogP contribution is 2.31. The highest BCUT2D eigenvalue weighted by Gasteiger charge is 2.26. The third kappa shape index (κ3) is 6.31. The Kier molecular flexibility index (Phi) is 8.49. The number of nitrogens with one attached hydrogen (secondary N) is 1. The van der Waals surface area contributed by atoms with Crippen LogP contribution in [-0.4, -0.2) is 37.9 Å². The van der Waals surface area contributed by atoms with Crippen LogP contribution in [0.5, 0.6) is 5.75 Å². The first-order chi connectivity index (χ1) is 17.9. The van der Waals surface area contributed by atoms with Crippen molar-refractivity contribution in [2.45, 2.75) is 45.2 Å². The molecule has 2 amide bonds. The summed E-state index contributed by atoms with van der Waals surface area (Å²) >= 11 is 0. The van der Waals surface area contributed by atoms with Crippen LogP contribution < -0.4 is 15.0 Å². The minimum Gasteiger partial charge on any atom is -0.497 e. The van der Waals surface area contributed by atoms with Crippen LogP contribution in [0.1, 0.15) is 60.1 Å². The number of anilines is 2. The summed E-state index contributed by atoms with van der Waals surface area (Å²) in [5, 5.41) is 3.12. The van der Waals surface area contributed by atoms with Crippen molar-refractivity contribution in [3.05, 3.63) is 89.5 Å². The van der Waals surface area contributed by atoms with Crippen LogP contribution in [0.25, 0.3) is 0 Å². The van der Waals surface area contributed by atoms with Gasteiger partial charge in [0.2, 0.25) is 5.91 Å². The van der Waals surface area contributed by atoms with E-state index in [0.717, 1.165) is 48.2 Å². The first kappa shape index (κ1) is 26.3. The Labute approximate surface area is 220 Å². The molecular formula is C31H37N3O3. The molecule has 1 aliphatic rings. The number of ether oxygens (including phenoxy) is 1. The molecule has 37 heavy (non-hydrogen) atoms. The lowest BCUT2D eigenvalue weighted by Crippen LogP contribution is -2.34. The predicted molar refractivity (Wildman–Crippen MR) is 149 cm³/mol. The first-order valence-corrected chi connectivity index (χ1v) is 13.0.